The Morgan fingerprint density at radius 2 is 1.94 bits per heavy atom. The second-order valence-electron chi connectivity index (χ2n) is 12.6. The number of nitrogen functional groups attached to an aromatic ring is 1. The summed E-state index contributed by atoms with van der Waals surface area (Å²) in [6.07, 6.45) is -0.496. The number of thioether (sulfide) groups is 1. The fourth-order valence-electron chi connectivity index (χ4n) is 4.64. The second-order valence-corrected chi connectivity index (χ2v) is 16.3. The van der Waals surface area contributed by atoms with E-state index in [2.05, 4.69) is 20.0 Å². The normalized spacial score (nSPS) is 23.3. The van der Waals surface area contributed by atoms with E-state index in [4.69, 9.17) is 41.6 Å². The molecule has 18 heteroatoms. The third-order valence-corrected chi connectivity index (χ3v) is 10.9. The lowest BCUT2D eigenvalue weighted by atomic mass is 9.97. The molecule has 0 amide bonds. The SMILES string of the molecule is CC(C)C(N)C(=O)OCC(C)(C)C(=O)SCCOP(=O)(NCc1ccccc1)OC[C@H]1O[C@@H](n2cnc3c(N)ncnc32)[C@](C)(Cl)C1O. The van der Waals surface area contributed by atoms with Gasteiger partial charge in [0.1, 0.15) is 41.6 Å². The van der Waals surface area contributed by atoms with Crippen LogP contribution in [0.3, 0.4) is 0 Å². The molecule has 4 rings (SSSR count). The number of ether oxygens (including phenoxy) is 2. The van der Waals surface area contributed by atoms with Gasteiger partial charge >= 0.3 is 13.7 Å². The number of carbonyl (C=O) groups is 2. The predicted octanol–water partition coefficient (Wildman–Crippen LogP) is 3.41. The molecule has 0 saturated carbocycles. The Labute approximate surface area is 288 Å². The van der Waals surface area contributed by atoms with Gasteiger partial charge in [0, 0.05) is 12.3 Å². The van der Waals surface area contributed by atoms with Crippen molar-refractivity contribution in [3.63, 3.8) is 0 Å². The number of fused-ring (bicyclic) bond motifs is 1. The summed E-state index contributed by atoms with van der Waals surface area (Å²) < 4.78 is 38.4. The van der Waals surface area contributed by atoms with Gasteiger partial charge in [0.2, 0.25) is 0 Å². The van der Waals surface area contributed by atoms with Crippen molar-refractivity contribution in [2.75, 3.05) is 31.3 Å². The van der Waals surface area contributed by atoms with Gasteiger partial charge in [-0.2, -0.15) is 0 Å². The third-order valence-electron chi connectivity index (χ3n) is 7.78. The highest BCUT2D eigenvalue weighted by molar-refractivity contribution is 8.13. The van der Waals surface area contributed by atoms with Gasteiger partial charge in [-0.05, 0) is 32.3 Å². The van der Waals surface area contributed by atoms with Crippen LogP contribution in [0, 0.1) is 11.3 Å². The highest BCUT2D eigenvalue weighted by Gasteiger charge is 2.54. The van der Waals surface area contributed by atoms with Crippen LogP contribution >= 0.6 is 31.1 Å². The monoisotopic (exact) mass is 727 g/mol. The lowest BCUT2D eigenvalue weighted by Gasteiger charge is -2.26. The fourth-order valence-corrected chi connectivity index (χ4v) is 7.17. The van der Waals surface area contributed by atoms with Crippen molar-refractivity contribution in [1.29, 1.82) is 0 Å². The van der Waals surface area contributed by atoms with Crippen LogP contribution in [0.4, 0.5) is 5.82 Å². The van der Waals surface area contributed by atoms with Crippen LogP contribution in [0.1, 0.15) is 46.4 Å². The minimum atomic E-state index is -4.03. The molecule has 1 fully saturated rings. The maximum atomic E-state index is 13.9. The first kappa shape index (κ1) is 38.1. The number of rotatable bonds is 16. The second kappa shape index (κ2) is 15.9. The van der Waals surface area contributed by atoms with Crippen molar-refractivity contribution in [1.82, 2.24) is 24.6 Å². The largest absolute Gasteiger partial charge is 0.463 e. The maximum Gasteiger partial charge on any atom is 0.405 e. The molecule has 6 atom stereocenters. The Morgan fingerprint density at radius 1 is 1.23 bits per heavy atom. The summed E-state index contributed by atoms with van der Waals surface area (Å²) in [5.41, 5.74) is 12.3. The Morgan fingerprint density at radius 3 is 2.62 bits per heavy atom. The van der Waals surface area contributed by atoms with E-state index in [-0.39, 0.29) is 49.0 Å². The van der Waals surface area contributed by atoms with Crippen molar-refractivity contribution < 1.29 is 37.8 Å². The quantitative estimate of drug-likeness (QED) is 0.0720. The highest BCUT2D eigenvalue weighted by atomic mass is 35.5. The van der Waals surface area contributed by atoms with Crippen molar-refractivity contribution in [2.24, 2.45) is 17.1 Å². The first-order valence-corrected chi connectivity index (χ1v) is 18.2. The smallest absolute Gasteiger partial charge is 0.405 e. The summed E-state index contributed by atoms with van der Waals surface area (Å²) in [6.45, 7) is 8.05. The van der Waals surface area contributed by atoms with E-state index in [0.29, 0.717) is 11.2 Å². The van der Waals surface area contributed by atoms with Crippen LogP contribution in [-0.4, -0.2) is 84.4 Å². The number of imidazole rings is 1. The molecular formula is C30H43ClN7O8PS. The zero-order chi connectivity index (χ0) is 35.3. The van der Waals surface area contributed by atoms with Crippen LogP contribution in [0.25, 0.3) is 11.2 Å². The minimum Gasteiger partial charge on any atom is -0.463 e. The molecule has 264 valence electrons. The molecule has 0 spiro atoms. The van der Waals surface area contributed by atoms with Gasteiger partial charge in [-0.15, -0.1) is 11.6 Å². The Kier molecular flexibility index (Phi) is 12.6. The van der Waals surface area contributed by atoms with E-state index in [1.165, 1.54) is 12.7 Å². The number of nitrogens with one attached hydrogen (secondary N) is 1. The Balaban J connectivity index is 1.38. The Bertz CT molecular complexity index is 1610. The summed E-state index contributed by atoms with van der Waals surface area (Å²) in [6, 6.07) is 8.43. The number of nitrogens with two attached hydrogens (primary N) is 2. The maximum absolute atomic E-state index is 13.9. The molecule has 1 aliphatic rings. The summed E-state index contributed by atoms with van der Waals surface area (Å²) >= 11 is 7.75. The van der Waals surface area contributed by atoms with Crippen LogP contribution in [-0.2, 0) is 39.2 Å². The molecule has 15 nitrogen and oxygen atoms in total. The number of aromatic nitrogens is 4. The molecule has 1 saturated heterocycles. The standard InChI is InChI=1S/C30H43ClN7O8PS/c1-18(2)21(32)26(40)43-15-29(3,4)28(41)48-12-11-44-47(42,37-13-19-9-7-6-8-10-19)45-14-20-23(39)30(5,31)27(46-20)38-17-36-22-24(33)34-16-35-25(22)38/h6-10,16-18,20-21,23,27,39H,11-15,32H2,1-5H3,(H,37,42)(H2,33,34,35)/t20-,21?,23?,27-,30-,47?/m1/s1. The van der Waals surface area contributed by atoms with Gasteiger partial charge in [-0.1, -0.05) is 55.9 Å². The molecule has 0 bridgehead atoms. The van der Waals surface area contributed by atoms with E-state index in [1.807, 2.05) is 30.3 Å². The fraction of sp³-hybridized carbons (Fsp3) is 0.567. The molecule has 0 radical (unpaired) electrons. The van der Waals surface area contributed by atoms with Crippen LogP contribution in [0.5, 0.6) is 0 Å². The average Bonchev–Trinajstić information content (AvgIpc) is 3.58. The molecule has 3 aromatic rings. The van der Waals surface area contributed by atoms with Crippen LogP contribution in [0.15, 0.2) is 43.0 Å². The number of hydrogen-bond acceptors (Lipinski definition) is 14. The van der Waals surface area contributed by atoms with Crippen molar-refractivity contribution in [3.05, 3.63) is 48.5 Å². The summed E-state index contributed by atoms with van der Waals surface area (Å²) in [5, 5.41) is 13.7. The van der Waals surface area contributed by atoms with Gasteiger partial charge in [-0.3, -0.25) is 23.2 Å². The number of nitrogens with zero attached hydrogens (tertiary/aromatic N) is 4. The number of halogens is 1. The van der Waals surface area contributed by atoms with Crippen molar-refractivity contribution >= 4 is 59.2 Å². The number of benzene rings is 1. The summed E-state index contributed by atoms with van der Waals surface area (Å²) in [5.74, 6) is -0.372. The number of hydrogen-bond donors (Lipinski definition) is 4. The molecule has 1 aromatic carbocycles. The van der Waals surface area contributed by atoms with Gasteiger partial charge in [0.25, 0.3) is 0 Å². The zero-order valence-electron chi connectivity index (χ0n) is 27.4. The number of alkyl halides is 1. The van der Waals surface area contributed by atoms with Crippen molar-refractivity contribution in [2.45, 2.75) is 70.5 Å². The number of aliphatic hydroxyl groups is 1. The lowest BCUT2D eigenvalue weighted by Crippen LogP contribution is -2.40. The van der Waals surface area contributed by atoms with E-state index in [9.17, 15) is 19.3 Å². The third kappa shape index (κ3) is 9.11. The van der Waals surface area contributed by atoms with Gasteiger partial charge in [0.05, 0.1) is 25.0 Å². The number of carbonyl (C=O) groups excluding carboxylic acids is 2. The summed E-state index contributed by atoms with van der Waals surface area (Å²) in [4.78, 5) is 36.2. The number of anilines is 1. The van der Waals surface area contributed by atoms with Crippen molar-refractivity contribution in [3.8, 4) is 0 Å². The first-order chi connectivity index (χ1) is 22.6. The van der Waals surface area contributed by atoms with E-state index in [1.54, 1.807) is 39.2 Å². The minimum absolute atomic E-state index is 0.104. The number of esters is 1. The lowest BCUT2D eigenvalue weighted by molar-refractivity contribution is -0.150. The molecule has 0 aliphatic carbocycles. The Hall–Kier alpha value is -2.66. The zero-order valence-corrected chi connectivity index (χ0v) is 29.9. The predicted molar refractivity (Wildman–Crippen MR) is 182 cm³/mol. The highest BCUT2D eigenvalue weighted by Crippen LogP contribution is 2.48. The van der Waals surface area contributed by atoms with Crippen LogP contribution in [0.2, 0.25) is 0 Å². The average molecular weight is 728 g/mol. The molecule has 2 aromatic heterocycles. The summed E-state index contributed by atoms with van der Waals surface area (Å²) in [7, 11) is -4.03. The number of aliphatic hydroxyl groups excluding tert-OH is 1. The van der Waals surface area contributed by atoms with E-state index in [0.717, 1.165) is 17.3 Å². The van der Waals surface area contributed by atoms with E-state index < -0.39 is 48.5 Å². The van der Waals surface area contributed by atoms with E-state index >= 15 is 0 Å². The van der Waals surface area contributed by atoms with Crippen LogP contribution < -0.4 is 16.6 Å². The molecule has 48 heavy (non-hydrogen) atoms. The molecule has 3 unspecified atom stereocenters. The molecule has 3 heterocycles. The first-order valence-electron chi connectivity index (χ1n) is 15.3. The topological polar surface area (TPSA) is 216 Å². The molecular weight excluding hydrogens is 685 g/mol. The molecule has 6 N–H and O–H groups in total. The van der Waals surface area contributed by atoms with Gasteiger partial charge in [0.15, 0.2) is 22.8 Å². The van der Waals surface area contributed by atoms with Gasteiger partial charge < -0.3 is 26.0 Å². The van der Waals surface area contributed by atoms with Gasteiger partial charge in [-0.25, -0.2) is 24.6 Å². The molecule has 1 aliphatic heterocycles.